The number of nitrogens with one attached hydrogen (secondary N) is 2. The maximum atomic E-state index is 5.75. The van der Waals surface area contributed by atoms with Crippen LogP contribution in [0.15, 0.2) is 23.2 Å². The maximum absolute atomic E-state index is 5.75. The molecule has 0 spiro atoms. The Morgan fingerprint density at radius 1 is 1.15 bits per heavy atom. The standard InChI is InChI=1S/C20H32N4O2.HI/c1-15-11-16(2)14-24(13-15)8-7-22-20(21-3)23-17-5-6-18-19(12-17)26-10-4-9-25-18;/h5-6,12,15-16H,4,7-11,13-14H2,1-3H3,(H2,21,22,23);1H. The Balaban J connectivity index is 0.00000261. The Morgan fingerprint density at radius 2 is 1.85 bits per heavy atom. The van der Waals surface area contributed by atoms with Gasteiger partial charge in [-0.25, -0.2) is 0 Å². The number of nitrogens with zero attached hydrogens (tertiary/aromatic N) is 2. The van der Waals surface area contributed by atoms with Crippen molar-refractivity contribution in [1.82, 2.24) is 10.2 Å². The molecule has 1 fully saturated rings. The van der Waals surface area contributed by atoms with Gasteiger partial charge in [0.25, 0.3) is 0 Å². The van der Waals surface area contributed by atoms with Crippen molar-refractivity contribution in [3.63, 3.8) is 0 Å². The summed E-state index contributed by atoms with van der Waals surface area (Å²) in [7, 11) is 1.80. The van der Waals surface area contributed by atoms with Gasteiger partial charge < -0.3 is 25.0 Å². The fraction of sp³-hybridized carbons (Fsp3) is 0.650. The number of aliphatic imine (C=N–C) groups is 1. The molecule has 3 rings (SSSR count). The molecular weight excluding hydrogens is 455 g/mol. The smallest absolute Gasteiger partial charge is 0.195 e. The highest BCUT2D eigenvalue weighted by Gasteiger charge is 2.21. The lowest BCUT2D eigenvalue weighted by atomic mass is 9.92. The Labute approximate surface area is 180 Å². The molecule has 0 radical (unpaired) electrons. The fourth-order valence-corrected chi connectivity index (χ4v) is 3.86. The summed E-state index contributed by atoms with van der Waals surface area (Å²) in [4.78, 5) is 6.88. The van der Waals surface area contributed by atoms with Crippen molar-refractivity contribution in [2.45, 2.75) is 26.7 Å². The molecule has 1 saturated heterocycles. The molecule has 6 nitrogen and oxygen atoms in total. The number of hydrogen-bond donors (Lipinski definition) is 2. The molecule has 152 valence electrons. The van der Waals surface area contributed by atoms with Crippen LogP contribution in [-0.2, 0) is 0 Å². The second kappa shape index (κ2) is 10.9. The van der Waals surface area contributed by atoms with Gasteiger partial charge >= 0.3 is 0 Å². The van der Waals surface area contributed by atoms with Crippen LogP contribution in [0.4, 0.5) is 5.69 Å². The third kappa shape index (κ3) is 6.71. The molecule has 2 aliphatic rings. The Morgan fingerprint density at radius 3 is 2.56 bits per heavy atom. The highest BCUT2D eigenvalue weighted by Crippen LogP contribution is 2.32. The first-order valence-corrected chi connectivity index (χ1v) is 9.73. The van der Waals surface area contributed by atoms with Crippen LogP contribution in [-0.4, -0.2) is 57.3 Å². The molecule has 2 unspecified atom stereocenters. The molecule has 0 amide bonds. The lowest BCUT2D eigenvalue weighted by Gasteiger charge is -2.35. The summed E-state index contributed by atoms with van der Waals surface area (Å²) in [5.41, 5.74) is 0.947. The molecule has 2 N–H and O–H groups in total. The highest BCUT2D eigenvalue weighted by molar-refractivity contribution is 14.0. The number of piperidine rings is 1. The van der Waals surface area contributed by atoms with E-state index < -0.39 is 0 Å². The summed E-state index contributed by atoms with van der Waals surface area (Å²) in [6, 6.07) is 5.92. The van der Waals surface area contributed by atoms with Crippen molar-refractivity contribution in [3.05, 3.63) is 18.2 Å². The maximum Gasteiger partial charge on any atom is 0.195 e. The Bertz CT molecular complexity index is 616. The van der Waals surface area contributed by atoms with E-state index in [0.29, 0.717) is 13.2 Å². The quantitative estimate of drug-likeness (QED) is 0.387. The van der Waals surface area contributed by atoms with Crippen LogP contribution in [0.25, 0.3) is 0 Å². The van der Waals surface area contributed by atoms with E-state index in [9.17, 15) is 0 Å². The van der Waals surface area contributed by atoms with Gasteiger partial charge in [-0.3, -0.25) is 4.99 Å². The zero-order valence-corrected chi connectivity index (χ0v) is 19.0. The molecule has 0 saturated carbocycles. The molecular formula is C20H33IN4O2. The first kappa shape index (κ1) is 22.1. The summed E-state index contributed by atoms with van der Waals surface area (Å²) in [5.74, 6) is 3.96. The number of rotatable bonds is 4. The highest BCUT2D eigenvalue weighted by atomic mass is 127. The summed E-state index contributed by atoms with van der Waals surface area (Å²) in [6.45, 7) is 10.4. The van der Waals surface area contributed by atoms with Crippen LogP contribution in [0.2, 0.25) is 0 Å². The van der Waals surface area contributed by atoms with Crippen molar-refractivity contribution in [1.29, 1.82) is 0 Å². The minimum atomic E-state index is 0. The first-order valence-electron chi connectivity index (χ1n) is 9.73. The van der Waals surface area contributed by atoms with E-state index in [4.69, 9.17) is 9.47 Å². The van der Waals surface area contributed by atoms with Gasteiger partial charge in [-0.2, -0.15) is 0 Å². The van der Waals surface area contributed by atoms with Gasteiger partial charge in [0.1, 0.15) is 0 Å². The second-order valence-corrected chi connectivity index (χ2v) is 7.54. The number of likely N-dealkylation sites (tertiary alicyclic amines) is 1. The first-order chi connectivity index (χ1) is 12.6. The lowest BCUT2D eigenvalue weighted by Crippen LogP contribution is -2.43. The Hall–Kier alpha value is -1.22. The monoisotopic (exact) mass is 488 g/mol. The molecule has 0 aliphatic carbocycles. The molecule has 0 aromatic heterocycles. The number of fused-ring (bicyclic) bond motifs is 1. The lowest BCUT2D eigenvalue weighted by molar-refractivity contribution is 0.143. The molecule has 1 aromatic carbocycles. The normalized spacial score (nSPS) is 23.1. The number of guanidine groups is 1. The van der Waals surface area contributed by atoms with Gasteiger partial charge in [0.05, 0.1) is 13.2 Å². The van der Waals surface area contributed by atoms with Crippen molar-refractivity contribution in [2.75, 3.05) is 51.8 Å². The number of ether oxygens (including phenoxy) is 2. The van der Waals surface area contributed by atoms with E-state index in [1.165, 1.54) is 19.5 Å². The van der Waals surface area contributed by atoms with Crippen LogP contribution >= 0.6 is 24.0 Å². The van der Waals surface area contributed by atoms with E-state index in [2.05, 4.69) is 34.4 Å². The van der Waals surface area contributed by atoms with E-state index in [1.807, 2.05) is 18.2 Å². The van der Waals surface area contributed by atoms with Crippen molar-refractivity contribution in [2.24, 2.45) is 16.8 Å². The van der Waals surface area contributed by atoms with E-state index in [-0.39, 0.29) is 24.0 Å². The van der Waals surface area contributed by atoms with Crippen LogP contribution < -0.4 is 20.1 Å². The topological polar surface area (TPSA) is 58.1 Å². The summed E-state index contributed by atoms with van der Waals surface area (Å²) < 4.78 is 11.4. The third-order valence-electron chi connectivity index (χ3n) is 4.90. The zero-order valence-electron chi connectivity index (χ0n) is 16.7. The second-order valence-electron chi connectivity index (χ2n) is 7.54. The minimum absolute atomic E-state index is 0. The molecule has 1 aromatic rings. The number of benzene rings is 1. The SMILES string of the molecule is CN=C(NCCN1CC(C)CC(C)C1)Nc1ccc2c(c1)OCCCO2.I. The van der Waals surface area contributed by atoms with Gasteiger partial charge in [-0.15, -0.1) is 24.0 Å². The fourth-order valence-electron chi connectivity index (χ4n) is 3.86. The van der Waals surface area contributed by atoms with Crippen LogP contribution in [0, 0.1) is 11.8 Å². The summed E-state index contributed by atoms with van der Waals surface area (Å²) >= 11 is 0. The third-order valence-corrected chi connectivity index (χ3v) is 4.90. The zero-order chi connectivity index (χ0) is 18.4. The minimum Gasteiger partial charge on any atom is -0.490 e. The van der Waals surface area contributed by atoms with Gasteiger partial charge in [0.2, 0.25) is 0 Å². The van der Waals surface area contributed by atoms with Gasteiger partial charge in [0, 0.05) is 51.4 Å². The van der Waals surface area contributed by atoms with Gasteiger partial charge in [-0.05, 0) is 30.4 Å². The van der Waals surface area contributed by atoms with Crippen LogP contribution in [0.1, 0.15) is 26.7 Å². The molecule has 2 heterocycles. The average Bonchev–Trinajstić information content (AvgIpc) is 2.85. The van der Waals surface area contributed by atoms with E-state index in [0.717, 1.165) is 54.5 Å². The molecule has 27 heavy (non-hydrogen) atoms. The molecule has 2 aliphatic heterocycles. The van der Waals surface area contributed by atoms with Crippen molar-refractivity contribution < 1.29 is 9.47 Å². The van der Waals surface area contributed by atoms with Crippen LogP contribution in [0.3, 0.4) is 0 Å². The van der Waals surface area contributed by atoms with Crippen molar-refractivity contribution >= 4 is 35.6 Å². The number of halogens is 1. The summed E-state index contributed by atoms with van der Waals surface area (Å²) in [6.07, 6.45) is 2.26. The van der Waals surface area contributed by atoms with Gasteiger partial charge in [0.15, 0.2) is 17.5 Å². The Kier molecular flexibility index (Phi) is 8.95. The predicted molar refractivity (Wildman–Crippen MR) is 122 cm³/mol. The van der Waals surface area contributed by atoms with E-state index in [1.54, 1.807) is 7.05 Å². The number of anilines is 1. The average molecular weight is 488 g/mol. The summed E-state index contributed by atoms with van der Waals surface area (Å²) in [5, 5.41) is 6.75. The largest absolute Gasteiger partial charge is 0.490 e. The molecule has 0 bridgehead atoms. The molecule has 2 atom stereocenters. The van der Waals surface area contributed by atoms with E-state index >= 15 is 0 Å². The van der Waals surface area contributed by atoms with Crippen LogP contribution in [0.5, 0.6) is 11.5 Å². The van der Waals surface area contributed by atoms with Crippen molar-refractivity contribution in [3.8, 4) is 11.5 Å². The predicted octanol–water partition coefficient (Wildman–Crippen LogP) is 3.43. The molecule has 7 heteroatoms. The van der Waals surface area contributed by atoms with Gasteiger partial charge in [-0.1, -0.05) is 13.8 Å². The number of hydrogen-bond acceptors (Lipinski definition) is 4.